The molecular weight excluding hydrogens is 360 g/mol. The van der Waals surface area contributed by atoms with Gasteiger partial charge in [-0.2, -0.15) is 0 Å². The molecule has 5 heteroatoms. The van der Waals surface area contributed by atoms with Crippen molar-refractivity contribution in [3.63, 3.8) is 0 Å². The van der Waals surface area contributed by atoms with E-state index in [2.05, 4.69) is 33.8 Å². The summed E-state index contributed by atoms with van der Waals surface area (Å²) in [5, 5.41) is 6.65. The molecule has 1 aliphatic rings. The van der Waals surface area contributed by atoms with E-state index in [0.29, 0.717) is 0 Å². The van der Waals surface area contributed by atoms with Crippen LogP contribution in [-0.4, -0.2) is 20.4 Å². The number of hydrazone groups is 1. The van der Waals surface area contributed by atoms with E-state index in [9.17, 15) is 0 Å². The van der Waals surface area contributed by atoms with Crippen molar-refractivity contribution in [3.8, 4) is 5.75 Å². The van der Waals surface area contributed by atoms with Gasteiger partial charge in [-0.15, -0.1) is 10.3 Å². The van der Waals surface area contributed by atoms with Crippen LogP contribution in [0, 0.1) is 0 Å². The molecule has 0 N–H and O–H groups in total. The first-order valence-corrected chi connectivity index (χ1v) is 9.59. The molecule has 142 valence electrons. The predicted octanol–water partition coefficient (Wildman–Crippen LogP) is 4.88. The highest BCUT2D eigenvalue weighted by atomic mass is 16.7. The maximum atomic E-state index is 6.23. The monoisotopic (exact) mass is 380 g/mol. The van der Waals surface area contributed by atoms with Crippen LogP contribution in [0.3, 0.4) is 0 Å². The zero-order valence-electron chi connectivity index (χ0n) is 15.7. The van der Waals surface area contributed by atoms with E-state index < -0.39 is 0 Å². The number of hydrogen-bond donors (Lipinski definition) is 0. The van der Waals surface area contributed by atoms with Gasteiger partial charge in [-0.25, -0.2) is 4.98 Å². The Balaban J connectivity index is 1.63. The Morgan fingerprint density at radius 2 is 1.38 bits per heavy atom. The lowest BCUT2D eigenvalue weighted by atomic mass is 9.93. The molecule has 0 saturated carbocycles. The number of benzene rings is 3. The third kappa shape index (κ3) is 3.38. The summed E-state index contributed by atoms with van der Waals surface area (Å²) in [5.74, 6) is 0.746. The molecule has 0 spiro atoms. The highest BCUT2D eigenvalue weighted by molar-refractivity contribution is 6.04. The van der Waals surface area contributed by atoms with Crippen molar-refractivity contribution in [2.24, 2.45) is 5.10 Å². The zero-order chi connectivity index (χ0) is 19.5. The topological polar surface area (TPSA) is 42.6 Å². The molecule has 4 aromatic rings. The maximum absolute atomic E-state index is 6.23. The molecule has 0 saturated heterocycles. The van der Waals surface area contributed by atoms with Gasteiger partial charge < -0.3 is 9.40 Å². The first-order valence-electron chi connectivity index (χ1n) is 9.59. The average molecular weight is 380 g/mol. The summed E-state index contributed by atoms with van der Waals surface area (Å²) >= 11 is 0. The van der Waals surface area contributed by atoms with Gasteiger partial charge in [-0.05, 0) is 17.7 Å². The van der Waals surface area contributed by atoms with Gasteiger partial charge in [-0.3, -0.25) is 0 Å². The smallest absolute Gasteiger partial charge is 0.157 e. The number of hydroxylamine groups is 1. The van der Waals surface area contributed by atoms with Crippen LogP contribution in [0.1, 0.15) is 23.2 Å². The van der Waals surface area contributed by atoms with Crippen LogP contribution in [0.25, 0.3) is 0 Å². The van der Waals surface area contributed by atoms with E-state index in [1.54, 1.807) is 11.4 Å². The molecule has 0 bridgehead atoms. The second-order valence-electron chi connectivity index (χ2n) is 6.87. The van der Waals surface area contributed by atoms with Crippen molar-refractivity contribution in [1.29, 1.82) is 0 Å². The van der Waals surface area contributed by atoms with E-state index in [1.807, 2.05) is 79.3 Å². The number of rotatable bonds is 5. The quantitative estimate of drug-likeness (QED) is 0.496. The van der Waals surface area contributed by atoms with Crippen LogP contribution >= 0.6 is 0 Å². The van der Waals surface area contributed by atoms with Crippen LogP contribution in [0.5, 0.6) is 5.75 Å². The minimum Gasteiger partial charge on any atom is -0.362 e. The lowest BCUT2D eigenvalue weighted by molar-refractivity contribution is -0.0923. The molecule has 2 heterocycles. The predicted molar refractivity (Wildman–Crippen MR) is 112 cm³/mol. The Labute approximate surface area is 169 Å². The Morgan fingerprint density at radius 3 is 2.03 bits per heavy atom. The fourth-order valence-electron chi connectivity index (χ4n) is 3.70. The van der Waals surface area contributed by atoms with E-state index in [1.165, 1.54) is 0 Å². The normalized spacial score (nSPS) is 18.5. The maximum Gasteiger partial charge on any atom is 0.157 e. The standard InChI is InChI=1S/C24H20N4O/c1-4-10-19(11-5-1)22-24(27-17-16-25-18-27)23(20-12-6-2-7-13-20)28(26-22)29-21-14-8-3-9-15-21/h1-18,23-24H. The molecule has 3 aromatic carbocycles. The summed E-state index contributed by atoms with van der Waals surface area (Å²) in [6, 6.07) is 30.1. The van der Waals surface area contributed by atoms with Crippen LogP contribution in [0.2, 0.25) is 0 Å². The van der Waals surface area contributed by atoms with Crippen LogP contribution < -0.4 is 4.84 Å². The van der Waals surface area contributed by atoms with Crippen molar-refractivity contribution in [2.45, 2.75) is 12.1 Å². The Hall–Kier alpha value is -3.86. The lowest BCUT2D eigenvalue weighted by Crippen LogP contribution is -2.30. The minimum absolute atomic E-state index is 0.0778. The van der Waals surface area contributed by atoms with Crippen LogP contribution in [0.15, 0.2) is 115 Å². The molecule has 29 heavy (non-hydrogen) atoms. The number of para-hydroxylation sites is 1. The molecule has 2 atom stereocenters. The molecule has 0 radical (unpaired) electrons. The highest BCUT2D eigenvalue weighted by Crippen LogP contribution is 2.41. The number of imidazole rings is 1. The van der Waals surface area contributed by atoms with Crippen molar-refractivity contribution in [3.05, 3.63) is 121 Å². The summed E-state index contributed by atoms with van der Waals surface area (Å²) < 4.78 is 2.10. The second kappa shape index (κ2) is 7.64. The van der Waals surface area contributed by atoms with Gasteiger partial charge in [0, 0.05) is 18.0 Å². The molecule has 5 nitrogen and oxygen atoms in total. The molecule has 1 aliphatic heterocycles. The van der Waals surface area contributed by atoms with Crippen LogP contribution in [0.4, 0.5) is 0 Å². The first-order chi connectivity index (χ1) is 14.4. The van der Waals surface area contributed by atoms with Crippen molar-refractivity contribution in [2.75, 3.05) is 0 Å². The third-order valence-electron chi connectivity index (χ3n) is 5.02. The van der Waals surface area contributed by atoms with Gasteiger partial charge in [0.1, 0.15) is 12.1 Å². The lowest BCUT2D eigenvalue weighted by Gasteiger charge is -2.28. The summed E-state index contributed by atoms with van der Waals surface area (Å²) in [5.41, 5.74) is 3.12. The SMILES string of the molecule is c1ccc(ON2N=C(c3ccccc3)C(n3ccnc3)C2c2ccccc2)cc1. The van der Waals surface area contributed by atoms with Gasteiger partial charge in [0.2, 0.25) is 0 Å². The first kappa shape index (κ1) is 17.3. The fraction of sp³-hybridized carbons (Fsp3) is 0.0833. The Bertz CT molecular complexity index is 1080. The molecule has 2 unspecified atom stereocenters. The Kier molecular flexibility index (Phi) is 4.54. The summed E-state index contributed by atoms with van der Waals surface area (Å²) in [7, 11) is 0. The van der Waals surface area contributed by atoms with Crippen molar-refractivity contribution < 1.29 is 4.84 Å². The summed E-state index contributed by atoms with van der Waals surface area (Å²) in [6.45, 7) is 0. The Morgan fingerprint density at radius 1 is 0.724 bits per heavy atom. The van der Waals surface area contributed by atoms with Gasteiger partial charge >= 0.3 is 0 Å². The van der Waals surface area contributed by atoms with Gasteiger partial charge in [0.15, 0.2) is 5.75 Å². The number of nitrogens with zero attached hydrogens (tertiary/aromatic N) is 4. The summed E-state index contributed by atoms with van der Waals surface area (Å²) in [6.07, 6.45) is 5.61. The van der Waals surface area contributed by atoms with E-state index in [0.717, 1.165) is 22.6 Å². The van der Waals surface area contributed by atoms with Gasteiger partial charge in [-0.1, -0.05) is 78.9 Å². The molecule has 0 aliphatic carbocycles. The van der Waals surface area contributed by atoms with Crippen molar-refractivity contribution in [1.82, 2.24) is 14.7 Å². The van der Waals surface area contributed by atoms with Gasteiger partial charge in [0.25, 0.3) is 0 Å². The second-order valence-corrected chi connectivity index (χ2v) is 6.87. The molecule has 5 rings (SSSR count). The van der Waals surface area contributed by atoms with Crippen LogP contribution in [-0.2, 0) is 0 Å². The summed E-state index contributed by atoms with van der Waals surface area (Å²) in [4.78, 5) is 10.5. The average Bonchev–Trinajstić information content (AvgIpc) is 3.44. The van der Waals surface area contributed by atoms with E-state index in [-0.39, 0.29) is 12.1 Å². The molecular formula is C24H20N4O. The molecule has 0 amide bonds. The highest BCUT2D eigenvalue weighted by Gasteiger charge is 2.41. The molecule has 0 fully saturated rings. The van der Waals surface area contributed by atoms with Crippen molar-refractivity contribution >= 4 is 5.71 Å². The third-order valence-corrected chi connectivity index (χ3v) is 5.02. The fourth-order valence-corrected chi connectivity index (χ4v) is 3.70. The van der Waals surface area contributed by atoms with E-state index >= 15 is 0 Å². The number of hydrogen-bond acceptors (Lipinski definition) is 4. The molecule has 1 aromatic heterocycles. The van der Waals surface area contributed by atoms with E-state index in [4.69, 9.17) is 9.94 Å². The van der Waals surface area contributed by atoms with Gasteiger partial charge in [0.05, 0.1) is 12.0 Å². The largest absolute Gasteiger partial charge is 0.362 e. The zero-order valence-corrected chi connectivity index (χ0v) is 15.7. The number of aromatic nitrogens is 2. The minimum atomic E-state index is -0.138.